The number of halogens is 3. The molecule has 3 aromatic rings. The van der Waals surface area contributed by atoms with Gasteiger partial charge in [-0.3, -0.25) is 0 Å². The van der Waals surface area contributed by atoms with Crippen LogP contribution in [-0.4, -0.2) is 6.54 Å². The van der Waals surface area contributed by atoms with Crippen molar-refractivity contribution in [3.63, 3.8) is 0 Å². The van der Waals surface area contributed by atoms with Gasteiger partial charge in [-0.2, -0.15) is 0 Å². The van der Waals surface area contributed by atoms with Gasteiger partial charge in [-0.25, -0.2) is 4.39 Å². The van der Waals surface area contributed by atoms with Gasteiger partial charge in [0.1, 0.15) is 17.3 Å². The summed E-state index contributed by atoms with van der Waals surface area (Å²) in [4.78, 5) is 0. The molecule has 25 heavy (non-hydrogen) atoms. The van der Waals surface area contributed by atoms with E-state index in [1.165, 1.54) is 17.7 Å². The molecule has 0 spiro atoms. The Balaban J connectivity index is 0.00000225. The SMILES string of the molecule is Cc1cc(-c2ccc(CNCCc3ccc(F)cc3)o2)ccc1Br.Cl. The molecule has 1 heterocycles. The van der Waals surface area contributed by atoms with Crippen LogP contribution in [0.2, 0.25) is 0 Å². The van der Waals surface area contributed by atoms with Gasteiger partial charge in [0.15, 0.2) is 0 Å². The molecule has 0 radical (unpaired) electrons. The van der Waals surface area contributed by atoms with Gasteiger partial charge >= 0.3 is 0 Å². The van der Waals surface area contributed by atoms with E-state index in [-0.39, 0.29) is 18.2 Å². The molecular formula is C20H20BrClFNO. The second-order valence-electron chi connectivity index (χ2n) is 5.78. The molecule has 1 N–H and O–H groups in total. The highest BCUT2D eigenvalue weighted by Crippen LogP contribution is 2.26. The fourth-order valence-corrected chi connectivity index (χ4v) is 2.77. The van der Waals surface area contributed by atoms with E-state index in [4.69, 9.17) is 4.42 Å². The quantitative estimate of drug-likeness (QED) is 0.498. The van der Waals surface area contributed by atoms with Crippen LogP contribution in [0.1, 0.15) is 16.9 Å². The second kappa shape index (κ2) is 9.18. The number of rotatable bonds is 6. The summed E-state index contributed by atoms with van der Waals surface area (Å²) in [5.74, 6) is 1.59. The largest absolute Gasteiger partial charge is 0.460 e. The molecule has 3 rings (SSSR count). The lowest BCUT2D eigenvalue weighted by molar-refractivity contribution is 0.494. The predicted octanol–water partition coefficient (Wildman–Crippen LogP) is 5.91. The third kappa shape index (κ3) is 5.43. The van der Waals surface area contributed by atoms with Crippen LogP contribution in [0, 0.1) is 12.7 Å². The maximum atomic E-state index is 12.9. The summed E-state index contributed by atoms with van der Waals surface area (Å²) in [7, 11) is 0. The zero-order valence-electron chi connectivity index (χ0n) is 13.9. The highest BCUT2D eigenvalue weighted by atomic mass is 79.9. The van der Waals surface area contributed by atoms with Crippen molar-refractivity contribution in [3.8, 4) is 11.3 Å². The Morgan fingerprint density at radius 3 is 2.52 bits per heavy atom. The number of furan rings is 1. The van der Waals surface area contributed by atoms with Crippen LogP contribution in [0.15, 0.2) is 63.5 Å². The first-order valence-corrected chi connectivity index (χ1v) is 8.71. The molecule has 0 aliphatic heterocycles. The lowest BCUT2D eigenvalue weighted by atomic mass is 10.1. The van der Waals surface area contributed by atoms with Crippen molar-refractivity contribution in [2.75, 3.05) is 6.54 Å². The van der Waals surface area contributed by atoms with Crippen molar-refractivity contribution < 1.29 is 8.81 Å². The number of nitrogens with one attached hydrogen (secondary N) is 1. The summed E-state index contributed by atoms with van der Waals surface area (Å²) in [6.07, 6.45) is 0.861. The Morgan fingerprint density at radius 1 is 1.04 bits per heavy atom. The molecular weight excluding hydrogens is 405 g/mol. The number of aryl methyl sites for hydroxylation is 1. The Hall–Kier alpha value is -1.62. The smallest absolute Gasteiger partial charge is 0.134 e. The Kier molecular flexibility index (Phi) is 7.24. The van der Waals surface area contributed by atoms with Crippen LogP contribution in [-0.2, 0) is 13.0 Å². The molecule has 0 amide bonds. The van der Waals surface area contributed by atoms with Crippen molar-refractivity contribution >= 4 is 28.3 Å². The normalized spacial score (nSPS) is 10.5. The van der Waals surface area contributed by atoms with E-state index in [1.54, 1.807) is 0 Å². The standard InChI is InChI=1S/C20H19BrFNO.ClH/c1-14-12-16(4-8-19(14)21)20-9-7-18(24-20)13-23-11-10-15-2-5-17(22)6-3-15;/h2-9,12,23H,10-11,13H2,1H3;1H. The van der Waals surface area contributed by atoms with Crippen LogP contribution < -0.4 is 5.32 Å². The van der Waals surface area contributed by atoms with Crippen molar-refractivity contribution in [2.24, 2.45) is 0 Å². The molecule has 0 bridgehead atoms. The maximum Gasteiger partial charge on any atom is 0.134 e. The first-order chi connectivity index (χ1) is 11.6. The van der Waals surface area contributed by atoms with Gasteiger partial charge in [0.05, 0.1) is 6.54 Å². The zero-order valence-corrected chi connectivity index (χ0v) is 16.3. The molecule has 0 fully saturated rings. The van der Waals surface area contributed by atoms with Gasteiger partial charge in [0.2, 0.25) is 0 Å². The summed E-state index contributed by atoms with van der Waals surface area (Å²) in [5, 5.41) is 3.36. The molecule has 132 valence electrons. The molecule has 0 atom stereocenters. The summed E-state index contributed by atoms with van der Waals surface area (Å²) in [6.45, 7) is 3.56. The highest BCUT2D eigenvalue weighted by Gasteiger charge is 2.06. The van der Waals surface area contributed by atoms with Crippen molar-refractivity contribution in [2.45, 2.75) is 19.9 Å². The van der Waals surface area contributed by atoms with Crippen LogP contribution in [0.5, 0.6) is 0 Å². The van der Waals surface area contributed by atoms with Crippen LogP contribution in [0.25, 0.3) is 11.3 Å². The van der Waals surface area contributed by atoms with Crippen molar-refractivity contribution in [1.29, 1.82) is 0 Å². The second-order valence-corrected chi connectivity index (χ2v) is 6.64. The van der Waals surface area contributed by atoms with Crippen LogP contribution in [0.4, 0.5) is 4.39 Å². The molecule has 0 saturated carbocycles. The average Bonchev–Trinajstić information content (AvgIpc) is 3.05. The van der Waals surface area contributed by atoms with Crippen LogP contribution >= 0.6 is 28.3 Å². The summed E-state index contributed by atoms with van der Waals surface area (Å²) >= 11 is 3.51. The minimum Gasteiger partial charge on any atom is -0.460 e. The Labute approximate surface area is 162 Å². The Morgan fingerprint density at radius 2 is 1.80 bits per heavy atom. The van der Waals surface area contributed by atoms with Gasteiger partial charge in [0, 0.05) is 10.0 Å². The summed E-state index contributed by atoms with van der Waals surface area (Å²) in [5.41, 5.74) is 3.38. The van der Waals surface area contributed by atoms with E-state index >= 15 is 0 Å². The summed E-state index contributed by atoms with van der Waals surface area (Å²) in [6, 6.07) is 16.8. The van der Waals surface area contributed by atoms with Gasteiger partial charge in [-0.1, -0.05) is 34.1 Å². The fraction of sp³-hybridized carbons (Fsp3) is 0.200. The zero-order chi connectivity index (χ0) is 16.9. The molecule has 2 aromatic carbocycles. The molecule has 0 saturated heterocycles. The number of hydrogen-bond acceptors (Lipinski definition) is 2. The molecule has 0 unspecified atom stereocenters. The predicted molar refractivity (Wildman–Crippen MR) is 106 cm³/mol. The van der Waals surface area contributed by atoms with E-state index in [0.29, 0.717) is 6.54 Å². The Bertz CT molecular complexity index is 817. The molecule has 1 aromatic heterocycles. The summed E-state index contributed by atoms with van der Waals surface area (Å²) < 4.78 is 19.9. The first kappa shape index (κ1) is 19.7. The average molecular weight is 425 g/mol. The lowest BCUT2D eigenvalue weighted by Crippen LogP contribution is -2.16. The van der Waals surface area contributed by atoms with Gasteiger partial charge in [0.25, 0.3) is 0 Å². The fourth-order valence-electron chi connectivity index (χ4n) is 2.52. The van der Waals surface area contributed by atoms with Crippen molar-refractivity contribution in [1.82, 2.24) is 5.32 Å². The first-order valence-electron chi connectivity index (χ1n) is 7.92. The molecule has 0 aliphatic carbocycles. The minimum atomic E-state index is -0.196. The highest BCUT2D eigenvalue weighted by molar-refractivity contribution is 9.10. The topological polar surface area (TPSA) is 25.2 Å². The maximum absolute atomic E-state index is 12.9. The van der Waals surface area contributed by atoms with Gasteiger partial charge in [-0.05, 0) is 67.4 Å². The molecule has 5 heteroatoms. The number of hydrogen-bond donors (Lipinski definition) is 1. The van der Waals surface area contributed by atoms with Crippen molar-refractivity contribution in [3.05, 3.63) is 81.8 Å². The monoisotopic (exact) mass is 423 g/mol. The van der Waals surface area contributed by atoms with Gasteiger partial charge in [-0.15, -0.1) is 12.4 Å². The van der Waals surface area contributed by atoms with Crippen LogP contribution in [0.3, 0.4) is 0 Å². The van der Waals surface area contributed by atoms with E-state index in [0.717, 1.165) is 40.1 Å². The van der Waals surface area contributed by atoms with E-state index < -0.39 is 0 Å². The third-order valence-corrected chi connectivity index (χ3v) is 4.80. The lowest BCUT2D eigenvalue weighted by Gasteiger charge is -2.04. The third-order valence-electron chi connectivity index (χ3n) is 3.91. The molecule has 2 nitrogen and oxygen atoms in total. The van der Waals surface area contributed by atoms with Gasteiger partial charge < -0.3 is 9.73 Å². The van der Waals surface area contributed by atoms with E-state index in [2.05, 4.69) is 34.2 Å². The molecule has 0 aliphatic rings. The minimum absolute atomic E-state index is 0. The van der Waals surface area contributed by atoms with E-state index in [1.807, 2.05) is 36.4 Å². The van der Waals surface area contributed by atoms with E-state index in [9.17, 15) is 4.39 Å². The number of benzene rings is 2.